The highest BCUT2D eigenvalue weighted by atomic mass is 32.2. The maximum Gasteiger partial charge on any atom is 0.234 e. The number of aromatic nitrogens is 3. The van der Waals surface area contributed by atoms with Crippen molar-refractivity contribution in [3.63, 3.8) is 0 Å². The van der Waals surface area contributed by atoms with Gasteiger partial charge in [0.2, 0.25) is 11.8 Å². The van der Waals surface area contributed by atoms with Crippen LogP contribution in [0.1, 0.15) is 30.8 Å². The summed E-state index contributed by atoms with van der Waals surface area (Å²) in [6, 6.07) is 13.0. The Balaban J connectivity index is 1.57. The molecule has 1 aromatic heterocycles. The fourth-order valence-electron chi connectivity index (χ4n) is 3.23. The van der Waals surface area contributed by atoms with Crippen molar-refractivity contribution >= 4 is 35.0 Å². The van der Waals surface area contributed by atoms with Gasteiger partial charge in [0.25, 0.3) is 0 Å². The Hall–Kier alpha value is -3.33. The number of carbonyl (C=O) groups is 2. The molecule has 0 aliphatic heterocycles. The van der Waals surface area contributed by atoms with Crippen LogP contribution in [-0.4, -0.2) is 38.9 Å². The molecule has 0 spiro atoms. The Morgan fingerprint density at radius 3 is 2.45 bits per heavy atom. The van der Waals surface area contributed by atoms with Gasteiger partial charge >= 0.3 is 0 Å². The molecule has 0 aliphatic carbocycles. The summed E-state index contributed by atoms with van der Waals surface area (Å²) >= 11 is 1.30. The fourth-order valence-corrected chi connectivity index (χ4v) is 4.05. The highest BCUT2D eigenvalue weighted by molar-refractivity contribution is 7.99. The van der Waals surface area contributed by atoms with E-state index < -0.39 is 0 Å². The van der Waals surface area contributed by atoms with Gasteiger partial charge in [-0.05, 0) is 69.2 Å². The number of nitrogens with zero attached hydrogens (tertiary/aromatic N) is 3. The number of aryl methyl sites for hydroxylation is 1. The molecular formula is C24H29N5O3S. The number of nitrogens with one attached hydrogen (secondary N) is 2. The maximum atomic E-state index is 12.5. The van der Waals surface area contributed by atoms with Gasteiger partial charge in [-0.2, -0.15) is 0 Å². The Bertz CT molecular complexity index is 1110. The summed E-state index contributed by atoms with van der Waals surface area (Å²) < 4.78 is 7.27. The van der Waals surface area contributed by atoms with Crippen molar-refractivity contribution in [2.24, 2.45) is 0 Å². The molecule has 2 amide bonds. The third-order valence-corrected chi connectivity index (χ3v) is 6.06. The second-order valence-corrected chi connectivity index (χ2v) is 8.35. The lowest BCUT2D eigenvalue weighted by Crippen LogP contribution is -2.18. The first-order valence-electron chi connectivity index (χ1n) is 10.8. The van der Waals surface area contributed by atoms with E-state index in [4.69, 9.17) is 4.74 Å². The predicted molar refractivity (Wildman–Crippen MR) is 131 cm³/mol. The summed E-state index contributed by atoms with van der Waals surface area (Å²) in [6.07, 6.45) is 0.0866. The van der Waals surface area contributed by atoms with Gasteiger partial charge < -0.3 is 19.9 Å². The minimum Gasteiger partial charge on any atom is -0.494 e. The third-order valence-electron chi connectivity index (χ3n) is 5.09. The fraction of sp³-hybridized carbons (Fsp3) is 0.333. The molecule has 0 saturated heterocycles. The highest BCUT2D eigenvalue weighted by Crippen LogP contribution is 2.21. The van der Waals surface area contributed by atoms with Crippen molar-refractivity contribution in [1.82, 2.24) is 14.8 Å². The average Bonchev–Trinajstić information content (AvgIpc) is 3.18. The van der Waals surface area contributed by atoms with Crippen molar-refractivity contribution < 1.29 is 14.3 Å². The van der Waals surface area contributed by atoms with Crippen LogP contribution in [-0.2, 0) is 22.6 Å². The van der Waals surface area contributed by atoms with Gasteiger partial charge in [0.05, 0.1) is 18.8 Å². The van der Waals surface area contributed by atoms with E-state index in [9.17, 15) is 9.59 Å². The molecule has 174 valence electrons. The smallest absolute Gasteiger partial charge is 0.234 e. The van der Waals surface area contributed by atoms with Crippen LogP contribution in [0.5, 0.6) is 5.75 Å². The SMILES string of the molecule is CCOc1ccc(NC(=O)Cc2nnc(SCC(=O)Nc3cccc(C)c3C)n2CC)cc1. The summed E-state index contributed by atoms with van der Waals surface area (Å²) in [6.45, 7) is 9.06. The Kier molecular flexibility index (Phi) is 8.48. The quantitative estimate of drug-likeness (QED) is 0.433. The molecule has 0 fully saturated rings. The zero-order chi connectivity index (χ0) is 23.8. The van der Waals surface area contributed by atoms with Crippen LogP contribution in [0.4, 0.5) is 11.4 Å². The van der Waals surface area contributed by atoms with E-state index in [0.29, 0.717) is 29.8 Å². The topological polar surface area (TPSA) is 98.1 Å². The van der Waals surface area contributed by atoms with E-state index in [1.165, 1.54) is 11.8 Å². The zero-order valence-electron chi connectivity index (χ0n) is 19.3. The zero-order valence-corrected chi connectivity index (χ0v) is 20.2. The summed E-state index contributed by atoms with van der Waals surface area (Å²) in [5.41, 5.74) is 3.67. The summed E-state index contributed by atoms with van der Waals surface area (Å²) in [5.74, 6) is 1.20. The number of anilines is 2. The lowest BCUT2D eigenvalue weighted by Gasteiger charge is -2.11. The van der Waals surface area contributed by atoms with Crippen molar-refractivity contribution in [2.45, 2.75) is 45.8 Å². The minimum atomic E-state index is -0.189. The van der Waals surface area contributed by atoms with Gasteiger partial charge in [-0.25, -0.2) is 0 Å². The lowest BCUT2D eigenvalue weighted by atomic mass is 10.1. The molecular weight excluding hydrogens is 438 g/mol. The average molecular weight is 468 g/mol. The summed E-state index contributed by atoms with van der Waals surface area (Å²) in [7, 11) is 0. The predicted octanol–water partition coefficient (Wildman–Crippen LogP) is 4.23. The number of ether oxygens (including phenoxy) is 1. The standard InChI is InChI=1S/C24H29N5O3S/c1-5-29-21(14-22(30)25-18-10-12-19(13-11-18)32-6-2)27-28-24(29)33-15-23(31)26-20-9-7-8-16(3)17(20)4/h7-13H,5-6,14-15H2,1-4H3,(H,25,30)(H,26,31). The van der Waals surface area contributed by atoms with Crippen LogP contribution >= 0.6 is 11.8 Å². The number of hydrogen-bond donors (Lipinski definition) is 2. The first kappa shape index (κ1) is 24.3. The number of benzene rings is 2. The number of hydrogen-bond acceptors (Lipinski definition) is 6. The first-order valence-corrected chi connectivity index (χ1v) is 11.8. The van der Waals surface area contributed by atoms with Crippen LogP contribution in [0.15, 0.2) is 47.6 Å². The minimum absolute atomic E-state index is 0.0866. The van der Waals surface area contributed by atoms with Crippen molar-refractivity contribution in [3.05, 3.63) is 59.4 Å². The number of carbonyl (C=O) groups excluding carboxylic acids is 2. The molecule has 3 aromatic rings. The van der Waals surface area contributed by atoms with Gasteiger partial charge in [-0.15, -0.1) is 10.2 Å². The molecule has 2 aromatic carbocycles. The van der Waals surface area contributed by atoms with E-state index in [-0.39, 0.29) is 24.0 Å². The second-order valence-electron chi connectivity index (χ2n) is 7.41. The van der Waals surface area contributed by atoms with Crippen LogP contribution in [0.25, 0.3) is 0 Å². The van der Waals surface area contributed by atoms with Crippen molar-refractivity contribution in [1.29, 1.82) is 0 Å². The van der Waals surface area contributed by atoms with Crippen molar-refractivity contribution in [2.75, 3.05) is 23.0 Å². The van der Waals surface area contributed by atoms with E-state index in [2.05, 4.69) is 20.8 Å². The molecule has 33 heavy (non-hydrogen) atoms. The molecule has 3 rings (SSSR count). The van der Waals surface area contributed by atoms with Crippen LogP contribution in [0.2, 0.25) is 0 Å². The van der Waals surface area contributed by atoms with E-state index >= 15 is 0 Å². The first-order chi connectivity index (χ1) is 15.9. The summed E-state index contributed by atoms with van der Waals surface area (Å²) in [4.78, 5) is 24.9. The number of thioether (sulfide) groups is 1. The van der Waals surface area contributed by atoms with Gasteiger partial charge in [-0.1, -0.05) is 23.9 Å². The maximum absolute atomic E-state index is 12.5. The van der Waals surface area contributed by atoms with Crippen LogP contribution in [0, 0.1) is 13.8 Å². The van der Waals surface area contributed by atoms with Crippen molar-refractivity contribution in [3.8, 4) is 5.75 Å². The molecule has 0 saturated carbocycles. The molecule has 0 bridgehead atoms. The van der Waals surface area contributed by atoms with Gasteiger partial charge in [0, 0.05) is 17.9 Å². The lowest BCUT2D eigenvalue weighted by molar-refractivity contribution is -0.116. The number of rotatable bonds is 10. The molecule has 0 atom stereocenters. The van der Waals surface area contributed by atoms with E-state index in [1.807, 2.05) is 62.6 Å². The van der Waals surface area contributed by atoms with Gasteiger partial charge in [-0.3, -0.25) is 9.59 Å². The van der Waals surface area contributed by atoms with E-state index in [0.717, 1.165) is 22.6 Å². The van der Waals surface area contributed by atoms with Gasteiger partial charge in [0.15, 0.2) is 5.16 Å². The molecule has 8 nitrogen and oxygen atoms in total. The summed E-state index contributed by atoms with van der Waals surface area (Å²) in [5, 5.41) is 14.8. The monoisotopic (exact) mass is 467 g/mol. The molecule has 9 heteroatoms. The second kappa shape index (κ2) is 11.5. The Labute approximate surface area is 198 Å². The van der Waals surface area contributed by atoms with Crippen LogP contribution < -0.4 is 15.4 Å². The Morgan fingerprint density at radius 2 is 1.76 bits per heavy atom. The van der Waals surface area contributed by atoms with E-state index in [1.54, 1.807) is 12.1 Å². The van der Waals surface area contributed by atoms with Crippen LogP contribution in [0.3, 0.4) is 0 Å². The third kappa shape index (κ3) is 6.58. The number of amides is 2. The largest absolute Gasteiger partial charge is 0.494 e. The molecule has 0 radical (unpaired) electrons. The van der Waals surface area contributed by atoms with Gasteiger partial charge in [0.1, 0.15) is 11.6 Å². The normalized spacial score (nSPS) is 10.7. The Morgan fingerprint density at radius 1 is 1.00 bits per heavy atom. The molecule has 0 aliphatic rings. The molecule has 2 N–H and O–H groups in total. The highest BCUT2D eigenvalue weighted by Gasteiger charge is 2.16. The molecule has 1 heterocycles. The molecule has 0 unspecified atom stereocenters.